The summed E-state index contributed by atoms with van der Waals surface area (Å²) in [4.78, 5) is 36.2. The predicted octanol–water partition coefficient (Wildman–Crippen LogP) is 6.18. The Morgan fingerprint density at radius 2 is 1.41 bits per heavy atom. The average Bonchev–Trinajstić information content (AvgIpc) is 2.67. The van der Waals surface area contributed by atoms with E-state index in [1.54, 1.807) is 0 Å². The molecule has 0 bridgehead atoms. The van der Waals surface area contributed by atoms with E-state index in [4.69, 9.17) is 13.6 Å². The Bertz CT molecular complexity index is 884. The Labute approximate surface area is 205 Å². The molecule has 0 spiro atoms. The van der Waals surface area contributed by atoms with Crippen LogP contribution in [0.1, 0.15) is 60.1 Å². The summed E-state index contributed by atoms with van der Waals surface area (Å²) in [5, 5.41) is 10.8. The Balaban J connectivity index is 3.47. The van der Waals surface area contributed by atoms with Gasteiger partial charge in [-0.2, -0.15) is 0 Å². The van der Waals surface area contributed by atoms with E-state index in [1.165, 1.54) is 31.2 Å². The number of nitro benzene ring substituents is 1. The van der Waals surface area contributed by atoms with Crippen molar-refractivity contribution in [3.63, 3.8) is 0 Å². The van der Waals surface area contributed by atoms with E-state index >= 15 is 0 Å². The van der Waals surface area contributed by atoms with Crippen molar-refractivity contribution >= 4 is 34.1 Å². The van der Waals surface area contributed by atoms with Crippen molar-refractivity contribution in [1.29, 1.82) is 0 Å². The normalized spacial score (nSPS) is 14.9. The fraction of sp³-hybridized carbons (Fsp3) is 0.667. The molecule has 0 fully saturated rings. The van der Waals surface area contributed by atoms with Crippen molar-refractivity contribution in [1.82, 2.24) is 0 Å². The number of carbonyl (C=O) groups excluding carboxylic acids is 2. The summed E-state index contributed by atoms with van der Waals surface area (Å²) in [6, 6.07) is 5.64. The van der Waals surface area contributed by atoms with Crippen LogP contribution in [0, 0.1) is 10.1 Å². The number of nitrogens with zero attached hydrogens (tertiary/aromatic N) is 1. The molecule has 1 aromatic carbocycles. The highest BCUT2D eigenvalue weighted by molar-refractivity contribution is 6.74. The number of ketones is 1. The summed E-state index contributed by atoms with van der Waals surface area (Å²) in [6.07, 6.45) is -2.15. The fourth-order valence-electron chi connectivity index (χ4n) is 2.61. The predicted molar refractivity (Wildman–Crippen MR) is 138 cm³/mol. The first-order chi connectivity index (χ1) is 15.2. The standard InChI is InChI=1S/C24H41NO7Si2/c1-17(26)31-21(18-12-14-19(15-13-18)25(28)29)22(32-34(10,11)24(5,6)7)20(27)16-30-33(8,9)23(2,3)4/h12-15,21-22H,16H2,1-11H3/t21-,22-/m0/s1. The third-order valence-electron chi connectivity index (χ3n) is 6.93. The number of benzene rings is 1. The van der Waals surface area contributed by atoms with Crippen molar-refractivity contribution < 1.29 is 28.1 Å². The first-order valence-electron chi connectivity index (χ1n) is 11.5. The van der Waals surface area contributed by atoms with E-state index in [-0.39, 0.29) is 28.2 Å². The van der Waals surface area contributed by atoms with Crippen LogP contribution in [0.5, 0.6) is 0 Å². The number of hydrogen-bond acceptors (Lipinski definition) is 7. The molecule has 0 saturated heterocycles. The Morgan fingerprint density at radius 1 is 0.941 bits per heavy atom. The van der Waals surface area contributed by atoms with Gasteiger partial charge < -0.3 is 13.6 Å². The molecule has 0 aliphatic heterocycles. The van der Waals surface area contributed by atoms with E-state index in [0.29, 0.717) is 5.56 Å². The van der Waals surface area contributed by atoms with Gasteiger partial charge in [0, 0.05) is 19.1 Å². The number of esters is 1. The molecule has 34 heavy (non-hydrogen) atoms. The van der Waals surface area contributed by atoms with Gasteiger partial charge in [-0.1, -0.05) is 41.5 Å². The molecule has 2 atom stereocenters. The van der Waals surface area contributed by atoms with Gasteiger partial charge >= 0.3 is 5.97 Å². The number of Topliss-reactive ketones (excluding diaryl/α,β-unsaturated/α-hetero) is 1. The van der Waals surface area contributed by atoms with Crippen LogP contribution in [0.4, 0.5) is 5.69 Å². The van der Waals surface area contributed by atoms with Crippen LogP contribution < -0.4 is 0 Å². The lowest BCUT2D eigenvalue weighted by atomic mass is 10.0. The van der Waals surface area contributed by atoms with Crippen LogP contribution >= 0.6 is 0 Å². The molecule has 8 nitrogen and oxygen atoms in total. The molecular formula is C24H41NO7Si2. The zero-order chi connectivity index (χ0) is 26.7. The molecule has 0 aliphatic rings. The fourth-order valence-corrected chi connectivity index (χ4v) is 4.79. The summed E-state index contributed by atoms with van der Waals surface area (Å²) >= 11 is 0. The molecule has 0 amide bonds. The number of carbonyl (C=O) groups is 2. The lowest BCUT2D eigenvalue weighted by Crippen LogP contribution is -2.50. The second-order valence-corrected chi connectivity index (χ2v) is 21.3. The van der Waals surface area contributed by atoms with Crippen LogP contribution in [-0.4, -0.2) is 46.0 Å². The maximum Gasteiger partial charge on any atom is 0.303 e. The van der Waals surface area contributed by atoms with Crippen LogP contribution in [0.2, 0.25) is 36.3 Å². The van der Waals surface area contributed by atoms with Crippen molar-refractivity contribution in [2.75, 3.05) is 6.61 Å². The molecule has 0 unspecified atom stereocenters. The monoisotopic (exact) mass is 511 g/mol. The smallest absolute Gasteiger partial charge is 0.303 e. The lowest BCUT2D eigenvalue weighted by Gasteiger charge is -2.41. The number of non-ortho nitro benzene ring substituents is 1. The van der Waals surface area contributed by atoms with Gasteiger partial charge in [0.2, 0.25) is 0 Å². The van der Waals surface area contributed by atoms with E-state index in [0.717, 1.165) is 0 Å². The van der Waals surface area contributed by atoms with Gasteiger partial charge in [-0.15, -0.1) is 0 Å². The lowest BCUT2D eigenvalue weighted by molar-refractivity contribution is -0.384. The first-order valence-corrected chi connectivity index (χ1v) is 17.3. The van der Waals surface area contributed by atoms with Crippen LogP contribution in [0.15, 0.2) is 24.3 Å². The molecule has 0 radical (unpaired) electrons. The van der Waals surface area contributed by atoms with Gasteiger partial charge in [0.1, 0.15) is 6.10 Å². The molecule has 1 rings (SSSR count). The second-order valence-electron chi connectivity index (χ2n) is 11.7. The summed E-state index contributed by atoms with van der Waals surface area (Å²) in [7, 11) is -4.71. The van der Waals surface area contributed by atoms with Gasteiger partial charge in [-0.25, -0.2) is 0 Å². The van der Waals surface area contributed by atoms with E-state index in [9.17, 15) is 19.7 Å². The minimum Gasteiger partial charge on any atom is -0.454 e. The third kappa shape index (κ3) is 7.82. The van der Waals surface area contributed by atoms with E-state index in [1.807, 2.05) is 13.1 Å². The molecule has 0 heterocycles. The van der Waals surface area contributed by atoms with Gasteiger partial charge in [0.05, 0.1) is 11.5 Å². The minimum absolute atomic E-state index is 0.0866. The molecule has 192 valence electrons. The number of rotatable bonds is 10. The van der Waals surface area contributed by atoms with Crippen molar-refractivity contribution in [3.05, 3.63) is 39.9 Å². The van der Waals surface area contributed by atoms with Crippen LogP contribution in [-0.2, 0) is 23.2 Å². The first kappa shape index (κ1) is 30.1. The second kappa shape index (κ2) is 10.8. The summed E-state index contributed by atoms with van der Waals surface area (Å²) in [5.74, 6) is -0.899. The topological polar surface area (TPSA) is 105 Å². The SMILES string of the molecule is CC(=O)O[C@@H](c1ccc([N+](=O)[O-])cc1)[C@@H](O[Si](C)(C)C(C)(C)C)C(=O)CO[Si](C)(C)C(C)(C)C. The quantitative estimate of drug-likeness (QED) is 0.160. The summed E-state index contributed by atoms with van der Waals surface area (Å²) < 4.78 is 18.3. The largest absolute Gasteiger partial charge is 0.454 e. The third-order valence-corrected chi connectivity index (χ3v) is 15.9. The minimum atomic E-state index is -2.48. The number of hydrogen-bond donors (Lipinski definition) is 0. The van der Waals surface area contributed by atoms with Crippen molar-refractivity contribution in [3.8, 4) is 0 Å². The Morgan fingerprint density at radius 3 is 1.79 bits per heavy atom. The van der Waals surface area contributed by atoms with Gasteiger partial charge in [-0.3, -0.25) is 19.7 Å². The van der Waals surface area contributed by atoms with Gasteiger partial charge in [0.25, 0.3) is 5.69 Å². The maximum atomic E-state index is 13.6. The van der Waals surface area contributed by atoms with Gasteiger partial charge in [-0.05, 0) is 54.0 Å². The highest BCUT2D eigenvalue weighted by Gasteiger charge is 2.45. The average molecular weight is 512 g/mol. The van der Waals surface area contributed by atoms with Crippen molar-refractivity contribution in [2.45, 2.75) is 96.9 Å². The Hall–Kier alpha value is -1.89. The van der Waals surface area contributed by atoms with Gasteiger partial charge in [0.15, 0.2) is 28.5 Å². The van der Waals surface area contributed by atoms with E-state index < -0.39 is 39.7 Å². The van der Waals surface area contributed by atoms with Crippen molar-refractivity contribution in [2.24, 2.45) is 0 Å². The van der Waals surface area contributed by atoms with Crippen LogP contribution in [0.3, 0.4) is 0 Å². The highest BCUT2D eigenvalue weighted by atomic mass is 28.4. The molecule has 10 heteroatoms. The zero-order valence-electron chi connectivity index (χ0n) is 22.5. The highest BCUT2D eigenvalue weighted by Crippen LogP contribution is 2.40. The molecule has 0 saturated carbocycles. The number of nitro groups is 1. The maximum absolute atomic E-state index is 13.6. The van der Waals surface area contributed by atoms with Crippen LogP contribution in [0.25, 0.3) is 0 Å². The molecule has 0 aromatic heterocycles. The molecule has 0 N–H and O–H groups in total. The van der Waals surface area contributed by atoms with E-state index in [2.05, 4.69) is 54.6 Å². The molecular weight excluding hydrogens is 470 g/mol. The molecule has 1 aromatic rings. The number of ether oxygens (including phenoxy) is 1. The molecule has 0 aliphatic carbocycles. The Kier molecular flexibility index (Phi) is 9.58. The summed E-state index contributed by atoms with van der Waals surface area (Å²) in [5.41, 5.74) is 0.352. The summed E-state index contributed by atoms with van der Waals surface area (Å²) in [6.45, 7) is 21.7. The zero-order valence-corrected chi connectivity index (χ0v) is 24.5.